The molecule has 34 heavy (non-hydrogen) atoms. The van der Waals surface area contributed by atoms with Gasteiger partial charge in [-0.2, -0.15) is 0 Å². The third kappa shape index (κ3) is 5.99. The lowest BCUT2D eigenvalue weighted by atomic mass is 9.99. The standard InChI is InChI=1S/C24H27N3O4S3/c1-15-8-6-7-9-17(15)18-12-16(10-11-19(18)25)34(29,30)20-13-21(33-22(20)32-5)26-14-27-23(28)31-24(2,3)4/h6-14H,25H2,1-5H3,(H,26,27,28). The van der Waals surface area contributed by atoms with Gasteiger partial charge in [0.15, 0.2) is 0 Å². The number of nitrogens with two attached hydrogens (primary N) is 1. The van der Waals surface area contributed by atoms with Gasteiger partial charge in [-0.05, 0) is 69.3 Å². The fraction of sp³-hybridized carbons (Fsp3) is 0.250. The molecule has 0 saturated heterocycles. The molecule has 0 aliphatic carbocycles. The molecule has 3 N–H and O–H groups in total. The molecular weight excluding hydrogens is 490 g/mol. The van der Waals surface area contributed by atoms with Crippen LogP contribution < -0.4 is 11.1 Å². The first-order valence-corrected chi connectivity index (χ1v) is 13.9. The summed E-state index contributed by atoms with van der Waals surface area (Å²) in [5.74, 6) is 0. The summed E-state index contributed by atoms with van der Waals surface area (Å²) >= 11 is 2.54. The van der Waals surface area contributed by atoms with Crippen LogP contribution in [0.4, 0.5) is 15.5 Å². The van der Waals surface area contributed by atoms with Crippen LogP contribution in [0.2, 0.25) is 0 Å². The zero-order chi connectivity index (χ0) is 25.1. The van der Waals surface area contributed by atoms with E-state index < -0.39 is 21.5 Å². The van der Waals surface area contributed by atoms with Gasteiger partial charge < -0.3 is 10.5 Å². The number of benzene rings is 2. The third-order valence-electron chi connectivity index (χ3n) is 4.67. The van der Waals surface area contributed by atoms with Crippen LogP contribution in [0, 0.1) is 6.92 Å². The molecule has 0 fully saturated rings. The van der Waals surface area contributed by atoms with E-state index in [1.165, 1.54) is 41.6 Å². The Hall–Kier alpha value is -2.82. The van der Waals surface area contributed by atoms with Gasteiger partial charge in [-0.15, -0.1) is 23.1 Å². The lowest BCUT2D eigenvalue weighted by Crippen LogP contribution is -2.31. The molecule has 10 heteroatoms. The number of ether oxygens (including phenoxy) is 1. The second-order valence-electron chi connectivity index (χ2n) is 8.41. The van der Waals surface area contributed by atoms with Crippen molar-refractivity contribution in [2.45, 2.75) is 47.3 Å². The van der Waals surface area contributed by atoms with Crippen LogP contribution in [-0.4, -0.2) is 32.7 Å². The summed E-state index contributed by atoms with van der Waals surface area (Å²) in [6, 6.07) is 13.9. The quantitative estimate of drug-likeness (QED) is 0.178. The number of nitrogens with one attached hydrogen (secondary N) is 1. The van der Waals surface area contributed by atoms with Crippen molar-refractivity contribution < 1.29 is 17.9 Å². The molecule has 7 nitrogen and oxygen atoms in total. The molecule has 0 atom stereocenters. The third-order valence-corrected chi connectivity index (χ3v) is 8.88. The molecule has 1 amide bonds. The fourth-order valence-electron chi connectivity index (χ4n) is 3.13. The number of alkyl carbamates (subject to hydrolysis) is 1. The van der Waals surface area contributed by atoms with Crippen LogP contribution in [0.3, 0.4) is 0 Å². The maximum atomic E-state index is 13.6. The van der Waals surface area contributed by atoms with Crippen LogP contribution >= 0.6 is 23.1 Å². The summed E-state index contributed by atoms with van der Waals surface area (Å²) in [4.78, 5) is 16.3. The zero-order valence-electron chi connectivity index (χ0n) is 19.6. The number of nitrogen functional groups attached to an aromatic ring is 1. The Balaban J connectivity index is 1.93. The average molecular weight is 518 g/mol. The maximum Gasteiger partial charge on any atom is 0.412 e. The van der Waals surface area contributed by atoms with Crippen molar-refractivity contribution in [1.82, 2.24) is 5.32 Å². The second-order valence-corrected chi connectivity index (χ2v) is 12.4. The van der Waals surface area contributed by atoms with E-state index in [1.54, 1.807) is 39.2 Å². The number of thioether (sulfide) groups is 1. The fourth-order valence-corrected chi connectivity index (χ4v) is 6.98. The van der Waals surface area contributed by atoms with Gasteiger partial charge in [0.05, 0.1) is 20.3 Å². The molecule has 3 aromatic rings. The topological polar surface area (TPSA) is 111 Å². The molecule has 2 aromatic carbocycles. The summed E-state index contributed by atoms with van der Waals surface area (Å²) in [6.45, 7) is 7.22. The Morgan fingerprint density at radius 3 is 2.50 bits per heavy atom. The predicted molar refractivity (Wildman–Crippen MR) is 140 cm³/mol. The molecule has 0 unspecified atom stereocenters. The number of aliphatic imine (C=N–C) groups is 1. The van der Waals surface area contributed by atoms with Crippen molar-refractivity contribution in [2.24, 2.45) is 4.99 Å². The monoisotopic (exact) mass is 517 g/mol. The molecular formula is C24H27N3O4S3. The van der Waals surface area contributed by atoms with Crippen LogP contribution in [-0.2, 0) is 14.6 Å². The number of aryl methyl sites for hydroxylation is 1. The molecule has 3 rings (SSSR count). The number of anilines is 1. The number of carbonyl (C=O) groups excluding carboxylic acids is 1. The number of hydrogen-bond donors (Lipinski definition) is 2. The van der Waals surface area contributed by atoms with E-state index in [-0.39, 0.29) is 9.79 Å². The average Bonchev–Trinajstić information content (AvgIpc) is 3.17. The SMILES string of the molecule is CSc1sc(N=CNC(=O)OC(C)(C)C)cc1S(=O)(=O)c1ccc(N)c(-c2ccccc2C)c1. The van der Waals surface area contributed by atoms with Gasteiger partial charge >= 0.3 is 6.09 Å². The first-order valence-electron chi connectivity index (χ1n) is 10.3. The van der Waals surface area contributed by atoms with Crippen LogP contribution in [0.25, 0.3) is 11.1 Å². The number of carbonyl (C=O) groups is 1. The summed E-state index contributed by atoms with van der Waals surface area (Å²) in [6.07, 6.45) is 2.36. The number of sulfone groups is 1. The van der Waals surface area contributed by atoms with Gasteiger partial charge in [0.2, 0.25) is 9.84 Å². The highest BCUT2D eigenvalue weighted by molar-refractivity contribution is 8.01. The Morgan fingerprint density at radius 2 is 1.85 bits per heavy atom. The van der Waals surface area contributed by atoms with E-state index in [0.29, 0.717) is 20.5 Å². The summed E-state index contributed by atoms with van der Waals surface area (Å²) < 4.78 is 32.9. The van der Waals surface area contributed by atoms with Gasteiger partial charge in [0.25, 0.3) is 0 Å². The first-order chi connectivity index (χ1) is 15.9. The van der Waals surface area contributed by atoms with Crippen molar-refractivity contribution in [1.29, 1.82) is 0 Å². The summed E-state index contributed by atoms with van der Waals surface area (Å²) in [5, 5.41) is 2.86. The highest BCUT2D eigenvalue weighted by Gasteiger charge is 2.25. The van der Waals surface area contributed by atoms with Gasteiger partial charge in [0.1, 0.15) is 10.6 Å². The Kier molecular flexibility index (Phi) is 7.74. The van der Waals surface area contributed by atoms with Gasteiger partial charge in [-0.1, -0.05) is 24.3 Å². The van der Waals surface area contributed by atoms with Gasteiger partial charge in [0, 0.05) is 11.3 Å². The van der Waals surface area contributed by atoms with E-state index in [9.17, 15) is 13.2 Å². The van der Waals surface area contributed by atoms with Crippen LogP contribution in [0.15, 0.2) is 67.5 Å². The normalized spacial score (nSPS) is 12.1. The Morgan fingerprint density at radius 1 is 1.15 bits per heavy atom. The number of nitrogens with zero attached hydrogens (tertiary/aromatic N) is 1. The molecule has 0 bridgehead atoms. The molecule has 0 aliphatic rings. The number of rotatable bonds is 6. The van der Waals surface area contributed by atoms with Gasteiger partial charge in [-0.25, -0.2) is 18.2 Å². The minimum absolute atomic E-state index is 0.149. The maximum absolute atomic E-state index is 13.6. The number of thiophene rings is 1. The van der Waals surface area contributed by atoms with Crippen molar-refractivity contribution in [3.05, 3.63) is 54.1 Å². The lowest BCUT2D eigenvalue weighted by Gasteiger charge is -2.18. The predicted octanol–water partition coefficient (Wildman–Crippen LogP) is 6.04. The van der Waals surface area contributed by atoms with Gasteiger partial charge in [-0.3, -0.25) is 5.32 Å². The number of amides is 1. The van der Waals surface area contributed by atoms with E-state index in [1.807, 2.05) is 31.2 Å². The van der Waals surface area contributed by atoms with E-state index in [2.05, 4.69) is 10.3 Å². The second kappa shape index (κ2) is 10.2. The highest BCUT2D eigenvalue weighted by atomic mass is 32.2. The van der Waals surface area contributed by atoms with E-state index in [0.717, 1.165) is 11.1 Å². The van der Waals surface area contributed by atoms with Crippen molar-refractivity contribution >= 4 is 56.1 Å². The first kappa shape index (κ1) is 25.8. The molecule has 180 valence electrons. The van der Waals surface area contributed by atoms with E-state index in [4.69, 9.17) is 10.5 Å². The molecule has 0 aliphatic heterocycles. The molecule has 0 spiro atoms. The smallest absolute Gasteiger partial charge is 0.412 e. The highest BCUT2D eigenvalue weighted by Crippen LogP contribution is 2.41. The van der Waals surface area contributed by atoms with E-state index >= 15 is 0 Å². The summed E-state index contributed by atoms with van der Waals surface area (Å²) in [7, 11) is -3.84. The van der Waals surface area contributed by atoms with Crippen molar-refractivity contribution in [3.8, 4) is 11.1 Å². The summed E-state index contributed by atoms with van der Waals surface area (Å²) in [5.41, 5.74) is 8.60. The minimum atomic E-state index is -3.84. The largest absolute Gasteiger partial charge is 0.444 e. The van der Waals surface area contributed by atoms with Crippen molar-refractivity contribution in [3.63, 3.8) is 0 Å². The molecule has 1 heterocycles. The van der Waals surface area contributed by atoms with Crippen LogP contribution in [0.5, 0.6) is 0 Å². The zero-order valence-corrected chi connectivity index (χ0v) is 22.0. The molecule has 0 radical (unpaired) electrons. The molecule has 1 aromatic heterocycles. The lowest BCUT2D eigenvalue weighted by molar-refractivity contribution is 0.0565. The minimum Gasteiger partial charge on any atom is -0.444 e. The van der Waals surface area contributed by atoms with Crippen molar-refractivity contribution in [2.75, 3.05) is 12.0 Å². The number of hydrogen-bond acceptors (Lipinski definition) is 8. The Bertz CT molecular complexity index is 1340. The Labute approximate surface area is 208 Å². The van der Waals surface area contributed by atoms with Crippen LogP contribution in [0.1, 0.15) is 26.3 Å². The molecule has 0 saturated carbocycles.